The van der Waals surface area contributed by atoms with E-state index in [-0.39, 0.29) is 0 Å². The molecule has 1 aromatic heterocycles. The van der Waals surface area contributed by atoms with Gasteiger partial charge in [0.2, 0.25) is 0 Å². The number of aromatic nitrogens is 2. The predicted molar refractivity (Wildman–Crippen MR) is 96.9 cm³/mol. The average molecular weight is 377 g/mol. The van der Waals surface area contributed by atoms with Crippen LogP contribution in [-0.4, -0.2) is 27.4 Å². The molecule has 0 saturated carbocycles. The van der Waals surface area contributed by atoms with Crippen LogP contribution >= 0.6 is 0 Å². The quantitative estimate of drug-likeness (QED) is 0.585. The zero-order valence-electron chi connectivity index (χ0n) is 14.4. The molecule has 0 aliphatic carbocycles. The van der Waals surface area contributed by atoms with Crippen LogP contribution in [0.5, 0.6) is 0 Å². The van der Waals surface area contributed by atoms with E-state index >= 15 is 0 Å². The van der Waals surface area contributed by atoms with Crippen molar-refractivity contribution < 1.29 is 23.1 Å². The SMILES string of the molecule is CCc1cc(-c2cccc(-c3ccn[nH]3)c2)ccc1N.O=C(O)C(F)(F)F. The molecule has 0 fully saturated rings. The molecule has 27 heavy (non-hydrogen) atoms. The van der Waals surface area contributed by atoms with Crippen molar-refractivity contribution in [3.05, 3.63) is 60.3 Å². The fourth-order valence-electron chi connectivity index (χ4n) is 2.37. The van der Waals surface area contributed by atoms with Crippen molar-refractivity contribution in [2.75, 3.05) is 5.73 Å². The molecule has 1 heterocycles. The van der Waals surface area contributed by atoms with E-state index in [2.05, 4.69) is 53.5 Å². The van der Waals surface area contributed by atoms with E-state index < -0.39 is 12.1 Å². The van der Waals surface area contributed by atoms with Gasteiger partial charge in [-0.05, 0) is 47.4 Å². The van der Waals surface area contributed by atoms with Crippen LogP contribution in [0.1, 0.15) is 12.5 Å². The number of nitrogen functional groups attached to an aromatic ring is 1. The van der Waals surface area contributed by atoms with Gasteiger partial charge in [0.1, 0.15) is 0 Å². The monoisotopic (exact) mass is 377 g/mol. The standard InChI is InChI=1S/C17H17N3.C2HF3O2/c1-2-12-10-14(6-7-16(12)18)13-4-3-5-15(11-13)17-8-9-19-20-17;3-2(4,5)1(6)7/h3-11H,2,18H2,1H3,(H,19,20);(H,6,7). The number of hydrogen-bond donors (Lipinski definition) is 3. The van der Waals surface area contributed by atoms with Crippen molar-refractivity contribution in [3.8, 4) is 22.4 Å². The molecule has 0 spiro atoms. The molecule has 3 aromatic rings. The van der Waals surface area contributed by atoms with Gasteiger partial charge < -0.3 is 10.8 Å². The Kier molecular flexibility index (Phi) is 6.23. The van der Waals surface area contributed by atoms with Crippen molar-refractivity contribution in [1.29, 1.82) is 0 Å². The van der Waals surface area contributed by atoms with Gasteiger partial charge in [0.05, 0.1) is 5.69 Å². The topological polar surface area (TPSA) is 92.0 Å². The first-order chi connectivity index (χ1) is 12.7. The third-order valence-corrected chi connectivity index (χ3v) is 3.77. The van der Waals surface area contributed by atoms with E-state index in [0.717, 1.165) is 23.4 Å². The molecular weight excluding hydrogens is 359 g/mol. The number of alkyl halides is 3. The van der Waals surface area contributed by atoms with Crippen LogP contribution < -0.4 is 5.73 Å². The summed E-state index contributed by atoms with van der Waals surface area (Å²) in [6.45, 7) is 2.12. The van der Waals surface area contributed by atoms with Crippen molar-refractivity contribution in [2.24, 2.45) is 0 Å². The van der Waals surface area contributed by atoms with E-state index in [0.29, 0.717) is 0 Å². The molecule has 142 valence electrons. The zero-order chi connectivity index (χ0) is 20.0. The highest BCUT2D eigenvalue weighted by molar-refractivity contribution is 5.73. The van der Waals surface area contributed by atoms with Crippen LogP contribution in [0.15, 0.2) is 54.7 Å². The molecule has 8 heteroatoms. The molecule has 3 rings (SSSR count). The minimum atomic E-state index is -5.08. The number of aliphatic carboxylic acids is 1. The number of benzene rings is 2. The third-order valence-electron chi connectivity index (χ3n) is 3.77. The average Bonchev–Trinajstić information content (AvgIpc) is 3.17. The first-order valence-electron chi connectivity index (χ1n) is 8.01. The number of nitrogens with one attached hydrogen (secondary N) is 1. The van der Waals surface area contributed by atoms with Crippen LogP contribution in [0, 0.1) is 0 Å². The van der Waals surface area contributed by atoms with Crippen molar-refractivity contribution in [2.45, 2.75) is 19.5 Å². The number of rotatable bonds is 3. The highest BCUT2D eigenvalue weighted by atomic mass is 19.4. The summed E-state index contributed by atoms with van der Waals surface area (Å²) in [5, 5.41) is 14.1. The molecular formula is C19H18F3N3O2. The first kappa shape index (κ1) is 20.0. The van der Waals surface area contributed by atoms with Gasteiger partial charge in [-0.15, -0.1) is 0 Å². The third kappa shape index (κ3) is 5.34. The van der Waals surface area contributed by atoms with Crippen LogP contribution in [0.4, 0.5) is 18.9 Å². The molecule has 0 aliphatic rings. The van der Waals surface area contributed by atoms with Crippen LogP contribution in [0.25, 0.3) is 22.4 Å². The lowest BCUT2D eigenvalue weighted by atomic mass is 9.98. The van der Waals surface area contributed by atoms with Gasteiger partial charge >= 0.3 is 12.1 Å². The molecule has 5 nitrogen and oxygen atoms in total. The Labute approximate surface area is 153 Å². The molecule has 0 bridgehead atoms. The Morgan fingerprint density at radius 1 is 1.11 bits per heavy atom. The number of carboxylic acid groups (broad SMARTS) is 1. The maximum atomic E-state index is 10.6. The van der Waals surface area contributed by atoms with Gasteiger partial charge in [-0.2, -0.15) is 18.3 Å². The molecule has 0 amide bonds. The van der Waals surface area contributed by atoms with Crippen molar-refractivity contribution in [3.63, 3.8) is 0 Å². The van der Waals surface area contributed by atoms with Gasteiger partial charge in [-0.1, -0.05) is 31.2 Å². The maximum Gasteiger partial charge on any atom is 0.490 e. The van der Waals surface area contributed by atoms with Crippen molar-refractivity contribution >= 4 is 11.7 Å². The van der Waals surface area contributed by atoms with E-state index in [4.69, 9.17) is 15.6 Å². The van der Waals surface area contributed by atoms with E-state index in [9.17, 15) is 13.2 Å². The lowest BCUT2D eigenvalue weighted by molar-refractivity contribution is -0.192. The summed E-state index contributed by atoms with van der Waals surface area (Å²) < 4.78 is 31.7. The Morgan fingerprint density at radius 3 is 2.30 bits per heavy atom. The first-order valence-corrected chi connectivity index (χ1v) is 8.01. The smallest absolute Gasteiger partial charge is 0.475 e. The largest absolute Gasteiger partial charge is 0.490 e. The summed E-state index contributed by atoms with van der Waals surface area (Å²) in [5.74, 6) is -2.76. The molecule has 0 atom stereocenters. The fraction of sp³-hybridized carbons (Fsp3) is 0.158. The molecule has 0 aliphatic heterocycles. The number of carbonyl (C=O) groups is 1. The van der Waals surface area contributed by atoms with E-state index in [1.54, 1.807) is 6.20 Å². The Hall–Kier alpha value is -3.29. The second kappa shape index (κ2) is 8.39. The number of aryl methyl sites for hydroxylation is 1. The van der Waals surface area contributed by atoms with Crippen LogP contribution in [0.3, 0.4) is 0 Å². The van der Waals surface area contributed by atoms with Gasteiger partial charge in [0.15, 0.2) is 0 Å². The van der Waals surface area contributed by atoms with E-state index in [1.165, 1.54) is 16.7 Å². The molecule has 4 N–H and O–H groups in total. The highest BCUT2D eigenvalue weighted by Crippen LogP contribution is 2.27. The minimum absolute atomic E-state index is 0.862. The summed E-state index contributed by atoms with van der Waals surface area (Å²) in [7, 11) is 0. The Balaban J connectivity index is 0.000000321. The Morgan fingerprint density at radius 2 is 1.74 bits per heavy atom. The van der Waals surface area contributed by atoms with E-state index in [1.807, 2.05) is 12.1 Å². The molecule has 0 unspecified atom stereocenters. The van der Waals surface area contributed by atoms with Crippen LogP contribution in [-0.2, 0) is 11.2 Å². The number of nitrogens with two attached hydrogens (primary N) is 1. The second-order valence-electron chi connectivity index (χ2n) is 5.62. The maximum absolute atomic E-state index is 10.6. The number of hydrogen-bond acceptors (Lipinski definition) is 3. The van der Waals surface area contributed by atoms with Gasteiger partial charge in [-0.25, -0.2) is 4.79 Å². The number of anilines is 1. The number of carboxylic acids is 1. The number of H-pyrrole nitrogens is 1. The normalized spacial score (nSPS) is 10.8. The number of aromatic amines is 1. The number of halogens is 3. The molecule has 0 saturated heterocycles. The summed E-state index contributed by atoms with van der Waals surface area (Å²) in [6.07, 6.45) is -2.37. The predicted octanol–water partition coefficient (Wildman–Crippen LogP) is 4.52. The lowest BCUT2D eigenvalue weighted by Gasteiger charge is -2.08. The second-order valence-corrected chi connectivity index (χ2v) is 5.62. The van der Waals surface area contributed by atoms with Gasteiger partial charge in [0, 0.05) is 17.4 Å². The molecule has 0 radical (unpaired) electrons. The summed E-state index contributed by atoms with van der Waals surface area (Å²) in [5.41, 5.74) is 12.6. The van der Waals surface area contributed by atoms with Gasteiger partial charge in [-0.3, -0.25) is 5.10 Å². The zero-order valence-corrected chi connectivity index (χ0v) is 14.4. The molecule has 2 aromatic carbocycles. The fourth-order valence-corrected chi connectivity index (χ4v) is 2.37. The highest BCUT2D eigenvalue weighted by Gasteiger charge is 2.38. The summed E-state index contributed by atoms with van der Waals surface area (Å²) in [4.78, 5) is 8.90. The summed E-state index contributed by atoms with van der Waals surface area (Å²) >= 11 is 0. The van der Waals surface area contributed by atoms with Crippen molar-refractivity contribution in [1.82, 2.24) is 10.2 Å². The lowest BCUT2D eigenvalue weighted by Crippen LogP contribution is -2.21. The number of nitrogens with zero attached hydrogens (tertiary/aromatic N) is 1. The van der Waals surface area contributed by atoms with Crippen LogP contribution in [0.2, 0.25) is 0 Å². The minimum Gasteiger partial charge on any atom is -0.475 e. The van der Waals surface area contributed by atoms with Gasteiger partial charge in [0.25, 0.3) is 0 Å². The Bertz CT molecular complexity index is 907. The summed E-state index contributed by atoms with van der Waals surface area (Å²) in [6, 6.07) is 16.6.